The minimum atomic E-state index is -0.234. The third-order valence-corrected chi connectivity index (χ3v) is 3.12. The van der Waals surface area contributed by atoms with Gasteiger partial charge in [-0.3, -0.25) is 0 Å². The lowest BCUT2D eigenvalue weighted by Gasteiger charge is -2.19. The molecule has 1 aromatic heterocycles. The molecule has 5 heteroatoms. The fourth-order valence-corrected chi connectivity index (χ4v) is 2.13. The zero-order valence-electron chi connectivity index (χ0n) is 11.9. The Hall–Kier alpha value is -2.01. The molecule has 2 aromatic rings. The Labute approximate surface area is 118 Å². The van der Waals surface area contributed by atoms with Gasteiger partial charge in [-0.25, -0.2) is 4.39 Å². The van der Waals surface area contributed by atoms with E-state index in [0.717, 1.165) is 23.4 Å². The average Bonchev–Trinajstić information content (AvgIpc) is 2.46. The molecule has 0 amide bonds. The SMILES string of the molecule is CCNC(c1ccc(OC)nn1)c1ccc(F)cc1C. The second-order valence-corrected chi connectivity index (χ2v) is 4.49. The summed E-state index contributed by atoms with van der Waals surface area (Å²) >= 11 is 0. The molecule has 4 nitrogen and oxygen atoms in total. The number of methoxy groups -OCH3 is 1. The molecule has 0 aliphatic carbocycles. The molecule has 0 aliphatic heterocycles. The van der Waals surface area contributed by atoms with E-state index in [9.17, 15) is 4.39 Å². The summed E-state index contributed by atoms with van der Waals surface area (Å²) in [7, 11) is 1.55. The maximum Gasteiger partial charge on any atom is 0.233 e. The Balaban J connectivity index is 2.38. The van der Waals surface area contributed by atoms with Gasteiger partial charge in [0.15, 0.2) is 0 Å². The molecule has 1 heterocycles. The van der Waals surface area contributed by atoms with Gasteiger partial charge in [-0.1, -0.05) is 13.0 Å². The number of nitrogens with one attached hydrogen (secondary N) is 1. The first-order valence-corrected chi connectivity index (χ1v) is 6.52. The van der Waals surface area contributed by atoms with Crippen LogP contribution in [0.25, 0.3) is 0 Å². The molecule has 106 valence electrons. The van der Waals surface area contributed by atoms with Crippen LogP contribution in [0.5, 0.6) is 5.88 Å². The molecule has 0 saturated carbocycles. The van der Waals surface area contributed by atoms with Gasteiger partial charge in [-0.2, -0.15) is 0 Å². The van der Waals surface area contributed by atoms with Crippen molar-refractivity contribution in [3.63, 3.8) is 0 Å². The van der Waals surface area contributed by atoms with Crippen LogP contribution >= 0.6 is 0 Å². The molecule has 0 saturated heterocycles. The average molecular weight is 275 g/mol. The smallest absolute Gasteiger partial charge is 0.233 e. The number of ether oxygens (including phenoxy) is 1. The van der Waals surface area contributed by atoms with Crippen molar-refractivity contribution in [1.82, 2.24) is 15.5 Å². The summed E-state index contributed by atoms with van der Waals surface area (Å²) in [6, 6.07) is 8.29. The van der Waals surface area contributed by atoms with E-state index in [-0.39, 0.29) is 11.9 Å². The van der Waals surface area contributed by atoms with Crippen molar-refractivity contribution in [3.05, 3.63) is 53.0 Å². The van der Waals surface area contributed by atoms with Crippen molar-refractivity contribution in [2.75, 3.05) is 13.7 Å². The van der Waals surface area contributed by atoms with Gasteiger partial charge in [0.05, 0.1) is 18.8 Å². The van der Waals surface area contributed by atoms with Gasteiger partial charge in [0, 0.05) is 6.07 Å². The van der Waals surface area contributed by atoms with E-state index in [1.165, 1.54) is 12.1 Å². The molecule has 1 aromatic carbocycles. The first kappa shape index (κ1) is 14.4. The number of aromatic nitrogens is 2. The molecule has 2 rings (SSSR count). The molecule has 0 aliphatic rings. The van der Waals surface area contributed by atoms with Crippen molar-refractivity contribution < 1.29 is 9.13 Å². The fourth-order valence-electron chi connectivity index (χ4n) is 2.13. The lowest BCUT2D eigenvalue weighted by Crippen LogP contribution is -2.24. The molecule has 1 atom stereocenters. The maximum absolute atomic E-state index is 13.2. The predicted octanol–water partition coefficient (Wildman–Crippen LogP) is 2.63. The topological polar surface area (TPSA) is 47.0 Å². The summed E-state index contributed by atoms with van der Waals surface area (Å²) in [5, 5.41) is 11.5. The highest BCUT2D eigenvalue weighted by atomic mass is 19.1. The van der Waals surface area contributed by atoms with Crippen LogP contribution in [0.3, 0.4) is 0 Å². The molecule has 0 bridgehead atoms. The number of nitrogens with zero attached hydrogens (tertiary/aromatic N) is 2. The number of hydrogen-bond acceptors (Lipinski definition) is 4. The Bertz CT molecular complexity index is 572. The normalized spacial score (nSPS) is 12.2. The molecule has 1 unspecified atom stereocenters. The summed E-state index contributed by atoms with van der Waals surface area (Å²) in [6.07, 6.45) is 0. The number of aryl methyl sites for hydroxylation is 1. The van der Waals surface area contributed by atoms with Gasteiger partial charge < -0.3 is 10.1 Å². The van der Waals surface area contributed by atoms with Crippen LogP contribution in [0.15, 0.2) is 30.3 Å². The van der Waals surface area contributed by atoms with E-state index in [0.29, 0.717) is 5.88 Å². The zero-order chi connectivity index (χ0) is 14.5. The van der Waals surface area contributed by atoms with Crippen LogP contribution in [0.2, 0.25) is 0 Å². The highest BCUT2D eigenvalue weighted by molar-refractivity contribution is 5.34. The van der Waals surface area contributed by atoms with Gasteiger partial charge in [0.25, 0.3) is 0 Å². The van der Waals surface area contributed by atoms with Gasteiger partial charge in [-0.05, 0) is 42.8 Å². The second-order valence-electron chi connectivity index (χ2n) is 4.49. The van der Waals surface area contributed by atoms with Crippen LogP contribution in [-0.2, 0) is 0 Å². The van der Waals surface area contributed by atoms with Crippen molar-refractivity contribution in [1.29, 1.82) is 0 Å². The lowest BCUT2D eigenvalue weighted by molar-refractivity contribution is 0.390. The standard InChI is InChI=1S/C15H18FN3O/c1-4-17-15(12-6-5-11(16)9-10(12)2)13-7-8-14(20-3)19-18-13/h5-9,15,17H,4H2,1-3H3. The van der Waals surface area contributed by atoms with E-state index >= 15 is 0 Å². The summed E-state index contributed by atoms with van der Waals surface area (Å²) < 4.78 is 18.2. The summed E-state index contributed by atoms with van der Waals surface area (Å²) in [6.45, 7) is 4.68. The Kier molecular flexibility index (Phi) is 4.63. The Morgan fingerprint density at radius 2 is 2.05 bits per heavy atom. The first-order valence-electron chi connectivity index (χ1n) is 6.52. The molecule has 0 radical (unpaired) electrons. The van der Waals surface area contributed by atoms with E-state index in [1.807, 2.05) is 19.9 Å². The van der Waals surface area contributed by atoms with Gasteiger partial charge in [0.1, 0.15) is 5.82 Å². The monoisotopic (exact) mass is 275 g/mol. The Morgan fingerprint density at radius 1 is 1.25 bits per heavy atom. The second kappa shape index (κ2) is 6.43. The van der Waals surface area contributed by atoms with E-state index in [1.54, 1.807) is 19.2 Å². The predicted molar refractivity (Wildman–Crippen MR) is 75.2 cm³/mol. The molecular weight excluding hydrogens is 257 g/mol. The third kappa shape index (κ3) is 3.11. The number of rotatable bonds is 5. The van der Waals surface area contributed by atoms with E-state index in [4.69, 9.17) is 4.74 Å². The minimum absolute atomic E-state index is 0.112. The van der Waals surface area contributed by atoms with Crippen molar-refractivity contribution in [2.24, 2.45) is 0 Å². The fraction of sp³-hybridized carbons (Fsp3) is 0.333. The number of halogens is 1. The van der Waals surface area contributed by atoms with Crippen LogP contribution in [0, 0.1) is 12.7 Å². The van der Waals surface area contributed by atoms with Crippen LogP contribution in [-0.4, -0.2) is 23.9 Å². The summed E-state index contributed by atoms with van der Waals surface area (Å²) in [4.78, 5) is 0. The summed E-state index contributed by atoms with van der Waals surface area (Å²) in [5.41, 5.74) is 2.66. The largest absolute Gasteiger partial charge is 0.480 e. The van der Waals surface area contributed by atoms with Gasteiger partial charge in [-0.15, -0.1) is 10.2 Å². The first-order chi connectivity index (χ1) is 9.65. The highest BCUT2D eigenvalue weighted by Gasteiger charge is 2.17. The van der Waals surface area contributed by atoms with Gasteiger partial charge in [0.2, 0.25) is 5.88 Å². The van der Waals surface area contributed by atoms with Crippen LogP contribution in [0.1, 0.15) is 29.8 Å². The lowest BCUT2D eigenvalue weighted by atomic mass is 9.98. The Morgan fingerprint density at radius 3 is 2.60 bits per heavy atom. The maximum atomic E-state index is 13.2. The highest BCUT2D eigenvalue weighted by Crippen LogP contribution is 2.24. The zero-order valence-corrected chi connectivity index (χ0v) is 11.9. The minimum Gasteiger partial charge on any atom is -0.480 e. The molecule has 0 fully saturated rings. The van der Waals surface area contributed by atoms with E-state index in [2.05, 4.69) is 15.5 Å². The molecule has 1 N–H and O–H groups in total. The quantitative estimate of drug-likeness (QED) is 0.911. The number of benzene rings is 1. The van der Waals surface area contributed by atoms with Crippen molar-refractivity contribution in [3.8, 4) is 5.88 Å². The third-order valence-electron chi connectivity index (χ3n) is 3.12. The molecular formula is C15H18FN3O. The number of hydrogen-bond donors (Lipinski definition) is 1. The summed E-state index contributed by atoms with van der Waals surface area (Å²) in [5.74, 6) is 0.238. The van der Waals surface area contributed by atoms with Gasteiger partial charge >= 0.3 is 0 Å². The van der Waals surface area contributed by atoms with Crippen molar-refractivity contribution in [2.45, 2.75) is 19.9 Å². The van der Waals surface area contributed by atoms with E-state index < -0.39 is 0 Å². The molecule has 0 spiro atoms. The van der Waals surface area contributed by atoms with Crippen molar-refractivity contribution >= 4 is 0 Å². The van der Waals surface area contributed by atoms with Crippen LogP contribution < -0.4 is 10.1 Å². The molecule has 20 heavy (non-hydrogen) atoms. The van der Waals surface area contributed by atoms with Crippen LogP contribution in [0.4, 0.5) is 4.39 Å².